The van der Waals surface area contributed by atoms with Gasteiger partial charge in [-0.1, -0.05) is 0 Å². The summed E-state index contributed by atoms with van der Waals surface area (Å²) in [6.07, 6.45) is 0. The Labute approximate surface area is 106 Å². The van der Waals surface area contributed by atoms with Crippen LogP contribution in [0.5, 0.6) is 6.01 Å². The molecule has 0 atom stereocenters. The lowest BCUT2D eigenvalue weighted by Crippen LogP contribution is -2.13. The molecule has 0 saturated carbocycles. The Hall–Kier alpha value is -2.91. The minimum atomic E-state index is -0.627. The van der Waals surface area contributed by atoms with Crippen LogP contribution in [0.25, 0.3) is 0 Å². The van der Waals surface area contributed by atoms with Gasteiger partial charge < -0.3 is 14.9 Å². The van der Waals surface area contributed by atoms with Gasteiger partial charge in [-0.25, -0.2) is 10.1 Å². The second-order valence-corrected chi connectivity index (χ2v) is 3.37. The van der Waals surface area contributed by atoms with Gasteiger partial charge in [0.25, 0.3) is 5.91 Å². The highest BCUT2D eigenvalue weighted by atomic mass is 16.6. The van der Waals surface area contributed by atoms with Crippen LogP contribution >= 0.6 is 0 Å². The molecule has 0 aromatic carbocycles. The van der Waals surface area contributed by atoms with Crippen molar-refractivity contribution in [2.45, 2.75) is 6.92 Å². The molecule has 0 bridgehead atoms. The van der Waals surface area contributed by atoms with Crippen molar-refractivity contribution in [3.05, 3.63) is 27.9 Å². The topological polar surface area (TPSA) is 139 Å². The lowest BCUT2D eigenvalue weighted by molar-refractivity contribution is -0.389. The monoisotopic (exact) mass is 266 g/mol. The lowest BCUT2D eigenvalue weighted by Gasteiger charge is -1.96. The summed E-state index contributed by atoms with van der Waals surface area (Å²) < 4.78 is 5.01. The second-order valence-electron chi connectivity index (χ2n) is 3.37. The van der Waals surface area contributed by atoms with E-state index in [0.717, 1.165) is 0 Å². The Kier molecular flexibility index (Phi) is 3.41. The van der Waals surface area contributed by atoms with E-state index in [-0.39, 0.29) is 23.5 Å². The highest BCUT2D eigenvalue weighted by Crippen LogP contribution is 2.12. The fraction of sp³-hybridized carbons (Fsp3) is 0.222. The van der Waals surface area contributed by atoms with Crippen LogP contribution < -0.4 is 10.1 Å². The molecule has 10 heteroatoms. The number of nitrogens with one attached hydrogen (secondary N) is 3. The number of aromatic amines is 2. The first-order chi connectivity index (χ1) is 9.10. The van der Waals surface area contributed by atoms with Crippen LogP contribution in [-0.4, -0.2) is 37.6 Å². The molecule has 2 heterocycles. The number of carbonyl (C=O) groups excluding carboxylic acids is 1. The summed E-state index contributed by atoms with van der Waals surface area (Å²) in [6.45, 7) is 2.17. The number of nitro groups is 1. The van der Waals surface area contributed by atoms with Crippen LogP contribution in [0.1, 0.15) is 17.4 Å². The van der Waals surface area contributed by atoms with E-state index >= 15 is 0 Å². The summed E-state index contributed by atoms with van der Waals surface area (Å²) in [5.41, 5.74) is 0.0426. The third-order valence-electron chi connectivity index (χ3n) is 2.08. The highest BCUT2D eigenvalue weighted by molar-refractivity contribution is 6.02. The fourth-order valence-electron chi connectivity index (χ4n) is 1.29. The van der Waals surface area contributed by atoms with Gasteiger partial charge in [0.05, 0.1) is 6.61 Å². The first kappa shape index (κ1) is 12.5. The van der Waals surface area contributed by atoms with Gasteiger partial charge in [-0.3, -0.25) is 10.1 Å². The van der Waals surface area contributed by atoms with Gasteiger partial charge in [-0.05, 0) is 17.9 Å². The standard InChI is InChI=1S/C9H10N6O4/c1-2-19-9-12-8(13-14-9)11-7(16)5-3-4-6(10-5)15(17)18/h3-4,10H,2H2,1H3,(H2,11,12,13,14,16). The summed E-state index contributed by atoms with van der Waals surface area (Å²) in [6, 6.07) is 2.60. The molecule has 100 valence electrons. The van der Waals surface area contributed by atoms with E-state index < -0.39 is 10.8 Å². The molecule has 3 N–H and O–H groups in total. The van der Waals surface area contributed by atoms with Crippen LogP contribution in [0.15, 0.2) is 12.1 Å². The summed E-state index contributed by atoms with van der Waals surface area (Å²) in [5.74, 6) is -0.754. The Balaban J connectivity index is 2.04. The Morgan fingerprint density at radius 3 is 3.00 bits per heavy atom. The number of nitrogens with zero attached hydrogens (tertiary/aromatic N) is 3. The van der Waals surface area contributed by atoms with E-state index in [0.29, 0.717) is 6.61 Å². The Morgan fingerprint density at radius 2 is 2.37 bits per heavy atom. The molecule has 2 aromatic rings. The van der Waals surface area contributed by atoms with E-state index in [4.69, 9.17) is 4.74 Å². The average Bonchev–Trinajstić information content (AvgIpc) is 2.98. The van der Waals surface area contributed by atoms with Gasteiger partial charge in [0.15, 0.2) is 5.69 Å². The van der Waals surface area contributed by atoms with Crippen molar-refractivity contribution in [2.75, 3.05) is 11.9 Å². The molecule has 2 rings (SSSR count). The molecule has 10 nitrogen and oxygen atoms in total. The summed E-state index contributed by atoms with van der Waals surface area (Å²) in [4.78, 5) is 27.8. The molecule has 0 spiro atoms. The minimum absolute atomic E-state index is 0.0426. The molecule has 0 saturated heterocycles. The van der Waals surface area contributed by atoms with Crippen molar-refractivity contribution in [1.29, 1.82) is 0 Å². The zero-order valence-electron chi connectivity index (χ0n) is 9.84. The molecule has 1 amide bonds. The molecule has 0 radical (unpaired) electrons. The predicted molar refractivity (Wildman–Crippen MR) is 63.0 cm³/mol. The molecule has 0 aliphatic carbocycles. The van der Waals surface area contributed by atoms with E-state index in [2.05, 4.69) is 25.5 Å². The fourth-order valence-corrected chi connectivity index (χ4v) is 1.29. The van der Waals surface area contributed by atoms with Crippen LogP contribution in [0.3, 0.4) is 0 Å². The van der Waals surface area contributed by atoms with Gasteiger partial charge in [-0.15, -0.1) is 5.10 Å². The Morgan fingerprint density at radius 1 is 1.58 bits per heavy atom. The van der Waals surface area contributed by atoms with E-state index in [1.807, 2.05) is 0 Å². The lowest BCUT2D eigenvalue weighted by atomic mass is 10.4. The highest BCUT2D eigenvalue weighted by Gasteiger charge is 2.16. The predicted octanol–water partition coefficient (Wildman–Crippen LogP) is 0.692. The number of rotatable bonds is 5. The maximum Gasteiger partial charge on any atom is 0.337 e. The van der Waals surface area contributed by atoms with E-state index in [9.17, 15) is 14.9 Å². The van der Waals surface area contributed by atoms with Gasteiger partial charge in [-0.2, -0.15) is 4.98 Å². The zero-order valence-corrected chi connectivity index (χ0v) is 9.84. The van der Waals surface area contributed by atoms with Crippen LogP contribution in [0, 0.1) is 10.1 Å². The Bertz CT molecular complexity index is 603. The number of hydrogen-bond donors (Lipinski definition) is 3. The van der Waals surface area contributed by atoms with Crippen molar-refractivity contribution >= 4 is 17.7 Å². The van der Waals surface area contributed by atoms with Crippen molar-refractivity contribution in [3.63, 3.8) is 0 Å². The number of ether oxygens (including phenoxy) is 1. The first-order valence-electron chi connectivity index (χ1n) is 5.30. The average molecular weight is 266 g/mol. The van der Waals surface area contributed by atoms with Gasteiger partial charge in [0.1, 0.15) is 0 Å². The van der Waals surface area contributed by atoms with Crippen LogP contribution in [0.2, 0.25) is 0 Å². The van der Waals surface area contributed by atoms with Gasteiger partial charge in [0.2, 0.25) is 5.95 Å². The van der Waals surface area contributed by atoms with E-state index in [1.165, 1.54) is 12.1 Å². The number of hydrogen-bond acceptors (Lipinski definition) is 6. The SMILES string of the molecule is CCOc1n[nH]c(NC(=O)c2ccc([N+](=O)[O-])[nH]2)n1. The van der Waals surface area contributed by atoms with Crippen molar-refractivity contribution in [1.82, 2.24) is 20.2 Å². The second kappa shape index (κ2) is 5.16. The number of anilines is 1. The molecule has 0 fully saturated rings. The number of aromatic nitrogens is 4. The summed E-state index contributed by atoms with van der Waals surface area (Å²) >= 11 is 0. The van der Waals surface area contributed by atoms with Gasteiger partial charge >= 0.3 is 11.8 Å². The third kappa shape index (κ3) is 2.86. The summed E-state index contributed by atoms with van der Waals surface area (Å²) in [5, 5.41) is 19.0. The number of H-pyrrole nitrogens is 2. The van der Waals surface area contributed by atoms with Crippen molar-refractivity contribution < 1.29 is 14.5 Å². The first-order valence-corrected chi connectivity index (χ1v) is 5.30. The molecular weight excluding hydrogens is 256 g/mol. The molecule has 19 heavy (non-hydrogen) atoms. The van der Waals surface area contributed by atoms with Crippen LogP contribution in [-0.2, 0) is 0 Å². The third-order valence-corrected chi connectivity index (χ3v) is 2.08. The largest absolute Gasteiger partial charge is 0.463 e. The molecule has 0 aliphatic rings. The maximum absolute atomic E-state index is 11.7. The van der Waals surface area contributed by atoms with E-state index in [1.54, 1.807) is 6.92 Å². The summed E-state index contributed by atoms with van der Waals surface area (Å²) in [7, 11) is 0. The van der Waals surface area contributed by atoms with Crippen molar-refractivity contribution in [3.8, 4) is 6.01 Å². The van der Waals surface area contributed by atoms with Gasteiger partial charge in [0, 0.05) is 6.07 Å². The number of amides is 1. The van der Waals surface area contributed by atoms with Crippen molar-refractivity contribution in [2.24, 2.45) is 0 Å². The maximum atomic E-state index is 11.7. The number of carbonyl (C=O) groups is 1. The molecule has 2 aromatic heterocycles. The molecule has 0 unspecified atom stereocenters. The zero-order chi connectivity index (χ0) is 13.8. The molecular formula is C9H10N6O4. The normalized spacial score (nSPS) is 10.2. The minimum Gasteiger partial charge on any atom is -0.463 e. The van der Waals surface area contributed by atoms with Crippen LogP contribution in [0.4, 0.5) is 11.8 Å². The smallest absolute Gasteiger partial charge is 0.337 e. The quantitative estimate of drug-likeness (QED) is 0.537. The molecule has 0 aliphatic heterocycles.